The average molecular weight is 194 g/mol. The molecule has 0 aliphatic rings. The lowest BCUT2D eigenvalue weighted by Crippen LogP contribution is -2.23. The summed E-state index contributed by atoms with van der Waals surface area (Å²) in [6.45, 7) is 3.90. The fraction of sp³-hybridized carbons (Fsp3) is 0.400. The second-order valence-corrected chi connectivity index (χ2v) is 2.48. The van der Waals surface area contributed by atoms with Gasteiger partial charge in [-0.15, -0.1) is 0 Å². The maximum atomic E-state index is 10.3. The Morgan fingerprint density at radius 1 is 1.89 bits per heavy atom. The number of carbonyl (C=O) groups is 1. The van der Waals surface area contributed by atoms with Crippen molar-refractivity contribution in [2.24, 2.45) is 0 Å². The number of carbonyl (C=O) groups excluding carboxylic acids is 1. The van der Waals surface area contributed by atoms with Crippen LogP contribution in [0, 0.1) is 0 Å². The number of hydrogen-bond donors (Lipinski definition) is 1. The molecule has 0 radical (unpaired) electrons. The van der Waals surface area contributed by atoms with Crippen LogP contribution in [0.5, 0.6) is 0 Å². The van der Waals surface area contributed by atoms with Crippen molar-refractivity contribution in [3.05, 3.63) is 11.1 Å². The van der Waals surface area contributed by atoms with Gasteiger partial charge in [-0.2, -0.15) is 0 Å². The molecule has 0 aromatic heterocycles. The van der Waals surface area contributed by atoms with E-state index >= 15 is 0 Å². The molecular formula is C5H8BrNO2. The zero-order chi connectivity index (χ0) is 7.28. The molecule has 0 atom stereocenters. The predicted molar refractivity (Wildman–Crippen MR) is 38.5 cm³/mol. The van der Waals surface area contributed by atoms with Crippen molar-refractivity contribution in [1.29, 1.82) is 0 Å². The van der Waals surface area contributed by atoms with Gasteiger partial charge < -0.3 is 10.1 Å². The van der Waals surface area contributed by atoms with Crippen LogP contribution in [0.4, 0.5) is 4.79 Å². The lowest BCUT2D eigenvalue weighted by molar-refractivity contribution is 0.172. The summed E-state index contributed by atoms with van der Waals surface area (Å²) < 4.78 is 5.00. The van der Waals surface area contributed by atoms with Crippen LogP contribution in [0.2, 0.25) is 0 Å². The molecule has 0 aromatic carbocycles. The molecule has 3 nitrogen and oxygen atoms in total. The summed E-state index contributed by atoms with van der Waals surface area (Å²) >= 11 is 3.07. The second-order valence-electron chi connectivity index (χ2n) is 1.36. The summed E-state index contributed by atoms with van der Waals surface area (Å²) in [5.41, 5.74) is 0. The van der Waals surface area contributed by atoms with Gasteiger partial charge in [0, 0.05) is 4.48 Å². The Balaban J connectivity index is 3.28. The third-order valence-corrected chi connectivity index (χ3v) is 0.890. The number of rotatable bonds is 2. The highest BCUT2D eigenvalue weighted by Gasteiger charge is 1.95. The van der Waals surface area contributed by atoms with Crippen molar-refractivity contribution in [2.75, 3.05) is 13.7 Å². The topological polar surface area (TPSA) is 38.3 Å². The van der Waals surface area contributed by atoms with E-state index in [1.54, 1.807) is 0 Å². The van der Waals surface area contributed by atoms with Crippen LogP contribution in [0.15, 0.2) is 11.1 Å². The number of methoxy groups -OCH3 is 1. The standard InChI is InChI=1S/C5H8BrNO2/c1-4(6)3-7-5(8)9-2/h1,3H2,2H3,(H,7,8). The Bertz CT molecular complexity index is 124. The Labute approximate surface area is 62.2 Å². The summed E-state index contributed by atoms with van der Waals surface area (Å²) in [5.74, 6) is 0. The highest BCUT2D eigenvalue weighted by molar-refractivity contribution is 9.11. The monoisotopic (exact) mass is 193 g/mol. The van der Waals surface area contributed by atoms with Crippen molar-refractivity contribution < 1.29 is 9.53 Å². The molecule has 0 heterocycles. The van der Waals surface area contributed by atoms with Gasteiger partial charge in [0.25, 0.3) is 0 Å². The minimum Gasteiger partial charge on any atom is -0.453 e. The highest BCUT2D eigenvalue weighted by Crippen LogP contribution is 1.96. The summed E-state index contributed by atoms with van der Waals surface area (Å²) in [7, 11) is 1.31. The largest absolute Gasteiger partial charge is 0.453 e. The van der Waals surface area contributed by atoms with Crippen LogP contribution in [-0.4, -0.2) is 19.7 Å². The third kappa shape index (κ3) is 5.36. The first-order valence-electron chi connectivity index (χ1n) is 2.32. The number of amides is 1. The first kappa shape index (κ1) is 8.49. The van der Waals surface area contributed by atoms with E-state index in [9.17, 15) is 4.79 Å². The van der Waals surface area contributed by atoms with Gasteiger partial charge in [-0.3, -0.25) is 0 Å². The molecule has 1 amide bonds. The molecule has 0 rings (SSSR count). The first-order valence-corrected chi connectivity index (χ1v) is 3.11. The highest BCUT2D eigenvalue weighted by atomic mass is 79.9. The molecule has 4 heteroatoms. The van der Waals surface area contributed by atoms with E-state index in [0.29, 0.717) is 11.0 Å². The van der Waals surface area contributed by atoms with Crippen molar-refractivity contribution in [2.45, 2.75) is 0 Å². The fourth-order valence-electron chi connectivity index (χ4n) is 0.240. The molecule has 0 fully saturated rings. The van der Waals surface area contributed by atoms with E-state index in [4.69, 9.17) is 0 Å². The molecule has 9 heavy (non-hydrogen) atoms. The van der Waals surface area contributed by atoms with Gasteiger partial charge in [0.1, 0.15) is 0 Å². The van der Waals surface area contributed by atoms with E-state index < -0.39 is 6.09 Å². The average Bonchev–Trinajstić information content (AvgIpc) is 1.83. The van der Waals surface area contributed by atoms with Gasteiger partial charge in [-0.05, 0) is 0 Å². The van der Waals surface area contributed by atoms with Gasteiger partial charge in [0.05, 0.1) is 13.7 Å². The number of nitrogens with one attached hydrogen (secondary N) is 1. The summed E-state index contributed by atoms with van der Waals surface area (Å²) in [6, 6.07) is 0. The van der Waals surface area contributed by atoms with Crippen LogP contribution in [-0.2, 0) is 4.74 Å². The maximum Gasteiger partial charge on any atom is 0.407 e. The molecule has 0 spiro atoms. The number of hydrogen-bond acceptors (Lipinski definition) is 2. The SMILES string of the molecule is C=C(Br)CNC(=O)OC. The minimum atomic E-state index is -0.449. The third-order valence-electron chi connectivity index (χ3n) is 0.610. The maximum absolute atomic E-state index is 10.3. The van der Waals surface area contributed by atoms with E-state index in [0.717, 1.165) is 0 Å². The summed E-state index contributed by atoms with van der Waals surface area (Å²) in [6.07, 6.45) is -0.449. The molecule has 0 unspecified atom stereocenters. The molecule has 1 N–H and O–H groups in total. The van der Waals surface area contributed by atoms with Crippen molar-refractivity contribution in [3.63, 3.8) is 0 Å². The van der Waals surface area contributed by atoms with Gasteiger partial charge in [0.2, 0.25) is 0 Å². The predicted octanol–water partition coefficient (Wildman–Crippen LogP) is 1.25. The number of ether oxygens (including phenoxy) is 1. The van der Waals surface area contributed by atoms with E-state index in [1.165, 1.54) is 7.11 Å². The minimum absolute atomic E-state index is 0.396. The normalized spacial score (nSPS) is 8.22. The molecule has 0 saturated heterocycles. The molecule has 0 aromatic rings. The van der Waals surface area contributed by atoms with Gasteiger partial charge in [-0.25, -0.2) is 4.79 Å². The lowest BCUT2D eigenvalue weighted by atomic mass is 10.6. The fourth-order valence-corrected chi connectivity index (χ4v) is 0.380. The Morgan fingerprint density at radius 3 is 2.78 bits per heavy atom. The molecule has 0 aliphatic heterocycles. The van der Waals surface area contributed by atoms with E-state index in [1.807, 2.05) is 0 Å². The summed E-state index contributed by atoms with van der Waals surface area (Å²) in [5, 5.41) is 2.42. The smallest absolute Gasteiger partial charge is 0.407 e. The van der Waals surface area contributed by atoms with E-state index in [-0.39, 0.29) is 0 Å². The van der Waals surface area contributed by atoms with E-state index in [2.05, 4.69) is 32.6 Å². The molecule has 52 valence electrons. The Hall–Kier alpha value is -0.510. The van der Waals surface area contributed by atoms with Crippen LogP contribution < -0.4 is 5.32 Å². The van der Waals surface area contributed by atoms with Crippen molar-refractivity contribution in [1.82, 2.24) is 5.32 Å². The zero-order valence-electron chi connectivity index (χ0n) is 5.11. The van der Waals surface area contributed by atoms with Crippen molar-refractivity contribution in [3.8, 4) is 0 Å². The van der Waals surface area contributed by atoms with Crippen LogP contribution in [0.1, 0.15) is 0 Å². The quantitative estimate of drug-likeness (QED) is 0.718. The van der Waals surface area contributed by atoms with Crippen LogP contribution >= 0.6 is 15.9 Å². The van der Waals surface area contributed by atoms with Crippen molar-refractivity contribution >= 4 is 22.0 Å². The van der Waals surface area contributed by atoms with Crippen LogP contribution in [0.3, 0.4) is 0 Å². The zero-order valence-corrected chi connectivity index (χ0v) is 6.69. The number of halogens is 1. The summed E-state index contributed by atoms with van der Waals surface area (Å²) in [4.78, 5) is 10.3. The van der Waals surface area contributed by atoms with Gasteiger partial charge in [-0.1, -0.05) is 22.5 Å². The Morgan fingerprint density at radius 2 is 2.44 bits per heavy atom. The van der Waals surface area contributed by atoms with Gasteiger partial charge >= 0.3 is 6.09 Å². The molecule has 0 saturated carbocycles. The molecule has 0 bridgehead atoms. The Kier molecular flexibility index (Phi) is 4.13. The number of alkyl carbamates (subject to hydrolysis) is 1. The lowest BCUT2D eigenvalue weighted by Gasteiger charge is -1.99. The van der Waals surface area contributed by atoms with Gasteiger partial charge in [0.15, 0.2) is 0 Å². The van der Waals surface area contributed by atoms with Crippen LogP contribution in [0.25, 0.3) is 0 Å². The molecule has 0 aliphatic carbocycles. The second kappa shape index (κ2) is 4.38. The molecular weight excluding hydrogens is 186 g/mol. The first-order chi connectivity index (χ1) is 4.16.